The lowest BCUT2D eigenvalue weighted by Gasteiger charge is -2.35. The largest absolute Gasteiger partial charge is 0.342 e. The molecule has 1 aliphatic heterocycles. The minimum atomic E-state index is 0.160. The van der Waals surface area contributed by atoms with Gasteiger partial charge >= 0.3 is 0 Å². The van der Waals surface area contributed by atoms with Crippen LogP contribution in [0.2, 0.25) is 5.02 Å². The number of piperidine rings is 1. The molecular formula is C17H22ClNO. The topological polar surface area (TPSA) is 20.3 Å². The molecule has 1 heterocycles. The summed E-state index contributed by atoms with van der Waals surface area (Å²) in [6.07, 6.45) is 2.20. The Morgan fingerprint density at radius 3 is 2.45 bits per heavy atom. The van der Waals surface area contributed by atoms with E-state index in [1.54, 1.807) is 0 Å². The zero-order valence-electron chi connectivity index (χ0n) is 12.2. The molecule has 0 bridgehead atoms. The van der Waals surface area contributed by atoms with Crippen molar-refractivity contribution in [2.45, 2.75) is 32.6 Å². The number of nitrogens with zero attached hydrogens (tertiary/aromatic N) is 1. The summed E-state index contributed by atoms with van der Waals surface area (Å²) in [6, 6.07) is 7.93. The minimum Gasteiger partial charge on any atom is -0.342 e. The van der Waals surface area contributed by atoms with Gasteiger partial charge in [-0.15, -0.1) is 0 Å². The van der Waals surface area contributed by atoms with E-state index in [0.29, 0.717) is 23.7 Å². The molecule has 20 heavy (non-hydrogen) atoms. The lowest BCUT2D eigenvalue weighted by Crippen LogP contribution is -2.43. The predicted octanol–water partition coefficient (Wildman–Crippen LogP) is 3.95. The monoisotopic (exact) mass is 291 g/mol. The normalized spacial score (nSPS) is 33.0. The first-order valence-electron chi connectivity index (χ1n) is 7.59. The Bertz CT molecular complexity index is 505. The van der Waals surface area contributed by atoms with Crippen LogP contribution in [0.15, 0.2) is 24.3 Å². The van der Waals surface area contributed by atoms with Crippen molar-refractivity contribution in [3.05, 3.63) is 34.9 Å². The number of halogens is 1. The summed E-state index contributed by atoms with van der Waals surface area (Å²) in [4.78, 5) is 14.7. The fraction of sp³-hybridized carbons (Fsp3) is 0.588. The third-order valence-corrected chi connectivity index (χ3v) is 4.94. The first-order valence-corrected chi connectivity index (χ1v) is 7.97. The number of amides is 1. The van der Waals surface area contributed by atoms with Gasteiger partial charge in [0.1, 0.15) is 0 Å². The lowest BCUT2D eigenvalue weighted by atomic mass is 9.91. The Balaban J connectivity index is 1.67. The van der Waals surface area contributed by atoms with E-state index in [0.717, 1.165) is 30.1 Å². The van der Waals surface area contributed by atoms with Gasteiger partial charge in [0, 0.05) is 24.0 Å². The van der Waals surface area contributed by atoms with E-state index in [4.69, 9.17) is 11.6 Å². The average molecular weight is 292 g/mol. The van der Waals surface area contributed by atoms with Crippen LogP contribution in [0.3, 0.4) is 0 Å². The molecule has 1 saturated carbocycles. The third-order valence-electron chi connectivity index (χ3n) is 4.59. The Morgan fingerprint density at radius 1 is 1.15 bits per heavy atom. The van der Waals surface area contributed by atoms with Crippen LogP contribution >= 0.6 is 11.6 Å². The highest BCUT2D eigenvalue weighted by Crippen LogP contribution is 2.50. The van der Waals surface area contributed by atoms with Gasteiger partial charge in [-0.05, 0) is 42.2 Å². The summed E-state index contributed by atoms with van der Waals surface area (Å²) in [5.74, 6) is 2.09. The molecule has 4 atom stereocenters. The SMILES string of the molecule is CC1CC(C)CN(C(=O)C2CC2c2ccccc2Cl)C1. The first-order chi connectivity index (χ1) is 9.56. The van der Waals surface area contributed by atoms with Crippen LogP contribution in [0.25, 0.3) is 0 Å². The van der Waals surface area contributed by atoms with Crippen LogP contribution in [0.4, 0.5) is 0 Å². The van der Waals surface area contributed by atoms with Crippen molar-refractivity contribution in [1.29, 1.82) is 0 Å². The first kappa shape index (κ1) is 13.9. The van der Waals surface area contributed by atoms with Crippen molar-refractivity contribution in [3.8, 4) is 0 Å². The van der Waals surface area contributed by atoms with Crippen molar-refractivity contribution in [3.63, 3.8) is 0 Å². The second-order valence-corrected chi connectivity index (χ2v) is 7.07. The number of carbonyl (C=O) groups excluding carboxylic acids is 1. The molecule has 3 rings (SSSR count). The van der Waals surface area contributed by atoms with Crippen molar-refractivity contribution in [1.82, 2.24) is 4.90 Å². The molecule has 1 aromatic carbocycles. The second kappa shape index (κ2) is 5.40. The number of hydrogen-bond donors (Lipinski definition) is 0. The molecule has 0 radical (unpaired) electrons. The Kier molecular flexibility index (Phi) is 3.76. The van der Waals surface area contributed by atoms with Gasteiger partial charge in [0.2, 0.25) is 5.91 Å². The predicted molar refractivity (Wildman–Crippen MR) is 81.8 cm³/mol. The van der Waals surface area contributed by atoms with E-state index >= 15 is 0 Å². The van der Waals surface area contributed by atoms with Crippen LogP contribution in [0.5, 0.6) is 0 Å². The van der Waals surface area contributed by atoms with Crippen LogP contribution in [-0.2, 0) is 4.79 Å². The molecule has 2 nitrogen and oxygen atoms in total. The molecule has 0 aromatic heterocycles. The molecule has 1 amide bonds. The lowest BCUT2D eigenvalue weighted by molar-refractivity contribution is -0.135. The van der Waals surface area contributed by atoms with Gasteiger partial charge < -0.3 is 4.90 Å². The molecule has 3 heteroatoms. The van der Waals surface area contributed by atoms with E-state index in [-0.39, 0.29) is 5.92 Å². The molecule has 2 fully saturated rings. The summed E-state index contributed by atoms with van der Waals surface area (Å²) < 4.78 is 0. The highest BCUT2D eigenvalue weighted by molar-refractivity contribution is 6.31. The molecule has 1 aliphatic carbocycles. The maximum atomic E-state index is 12.6. The van der Waals surface area contributed by atoms with Crippen LogP contribution in [-0.4, -0.2) is 23.9 Å². The van der Waals surface area contributed by atoms with Crippen LogP contribution in [0.1, 0.15) is 38.2 Å². The van der Waals surface area contributed by atoms with E-state index in [1.165, 1.54) is 6.42 Å². The molecule has 1 aromatic rings. The average Bonchev–Trinajstić information content (AvgIpc) is 3.17. The molecule has 0 N–H and O–H groups in total. The summed E-state index contributed by atoms with van der Waals surface area (Å²) in [5, 5.41) is 0.799. The summed E-state index contributed by atoms with van der Waals surface area (Å²) >= 11 is 6.24. The van der Waals surface area contributed by atoms with Crippen molar-refractivity contribution >= 4 is 17.5 Å². The van der Waals surface area contributed by atoms with Crippen LogP contribution < -0.4 is 0 Å². The van der Waals surface area contributed by atoms with Gasteiger partial charge in [0.05, 0.1) is 0 Å². The quantitative estimate of drug-likeness (QED) is 0.808. The van der Waals surface area contributed by atoms with Crippen molar-refractivity contribution in [2.75, 3.05) is 13.1 Å². The maximum absolute atomic E-state index is 12.6. The fourth-order valence-corrected chi connectivity index (χ4v) is 3.94. The van der Waals surface area contributed by atoms with Gasteiger partial charge in [-0.2, -0.15) is 0 Å². The highest BCUT2D eigenvalue weighted by Gasteiger charge is 2.47. The van der Waals surface area contributed by atoms with Gasteiger partial charge in [-0.25, -0.2) is 0 Å². The molecule has 108 valence electrons. The molecule has 1 saturated heterocycles. The van der Waals surface area contributed by atoms with Gasteiger partial charge in [0.15, 0.2) is 0 Å². The Labute approximate surface area is 126 Å². The van der Waals surface area contributed by atoms with Gasteiger partial charge in [-0.1, -0.05) is 43.6 Å². The zero-order chi connectivity index (χ0) is 14.3. The van der Waals surface area contributed by atoms with Crippen molar-refractivity contribution in [2.24, 2.45) is 17.8 Å². The van der Waals surface area contributed by atoms with E-state index < -0.39 is 0 Å². The fourth-order valence-electron chi connectivity index (χ4n) is 3.66. The molecule has 0 spiro atoms. The second-order valence-electron chi connectivity index (χ2n) is 6.66. The van der Waals surface area contributed by atoms with Gasteiger partial charge in [-0.3, -0.25) is 4.79 Å². The van der Waals surface area contributed by atoms with Gasteiger partial charge in [0.25, 0.3) is 0 Å². The zero-order valence-corrected chi connectivity index (χ0v) is 12.9. The Hall–Kier alpha value is -1.02. The summed E-state index contributed by atoms with van der Waals surface area (Å²) in [6.45, 7) is 6.34. The number of rotatable bonds is 2. The highest BCUT2D eigenvalue weighted by atomic mass is 35.5. The molecule has 4 unspecified atom stereocenters. The van der Waals surface area contributed by atoms with E-state index in [1.807, 2.05) is 18.2 Å². The maximum Gasteiger partial charge on any atom is 0.226 e. The minimum absolute atomic E-state index is 0.160. The number of carbonyl (C=O) groups is 1. The number of benzene rings is 1. The third kappa shape index (κ3) is 2.71. The number of likely N-dealkylation sites (tertiary alicyclic amines) is 1. The van der Waals surface area contributed by atoms with Crippen molar-refractivity contribution < 1.29 is 4.79 Å². The smallest absolute Gasteiger partial charge is 0.226 e. The summed E-state index contributed by atoms with van der Waals surface area (Å²) in [5.41, 5.74) is 1.14. The Morgan fingerprint density at radius 2 is 1.80 bits per heavy atom. The van der Waals surface area contributed by atoms with E-state index in [9.17, 15) is 4.79 Å². The van der Waals surface area contributed by atoms with E-state index in [2.05, 4.69) is 24.8 Å². The molecule has 2 aliphatic rings. The van der Waals surface area contributed by atoms with Crippen LogP contribution in [0, 0.1) is 17.8 Å². The standard InChI is InChI=1S/C17H22ClNO/c1-11-7-12(2)10-19(9-11)17(20)15-8-14(15)13-5-3-4-6-16(13)18/h3-6,11-12,14-15H,7-10H2,1-2H3. The molecular weight excluding hydrogens is 270 g/mol. The summed E-state index contributed by atoms with van der Waals surface area (Å²) in [7, 11) is 0. The number of hydrogen-bond acceptors (Lipinski definition) is 1.